The standard InChI is InChI=1S/C11H19N3O2/c1-10(2,3)6-8-13-9(16-14-8)11(15)4-5-12-7-11/h12,15H,4-7H2,1-3H3. The fourth-order valence-electron chi connectivity index (χ4n) is 1.85. The van der Waals surface area contributed by atoms with E-state index in [1.165, 1.54) is 0 Å². The molecule has 90 valence electrons. The van der Waals surface area contributed by atoms with Crippen LogP contribution in [-0.2, 0) is 12.0 Å². The zero-order valence-electron chi connectivity index (χ0n) is 10.1. The highest BCUT2D eigenvalue weighted by atomic mass is 16.5. The maximum Gasteiger partial charge on any atom is 0.259 e. The number of hydrogen-bond acceptors (Lipinski definition) is 5. The zero-order valence-corrected chi connectivity index (χ0v) is 10.1. The summed E-state index contributed by atoms with van der Waals surface area (Å²) in [6.07, 6.45) is 1.38. The first kappa shape index (κ1) is 11.5. The molecule has 2 rings (SSSR count). The quantitative estimate of drug-likeness (QED) is 0.780. The molecular formula is C11H19N3O2. The van der Waals surface area contributed by atoms with Gasteiger partial charge in [0.15, 0.2) is 11.4 Å². The molecular weight excluding hydrogens is 206 g/mol. The van der Waals surface area contributed by atoms with Gasteiger partial charge in [-0.15, -0.1) is 0 Å². The maximum atomic E-state index is 10.2. The Morgan fingerprint density at radius 2 is 2.25 bits per heavy atom. The number of rotatable bonds is 2. The summed E-state index contributed by atoms with van der Waals surface area (Å²) in [7, 11) is 0. The molecule has 0 amide bonds. The van der Waals surface area contributed by atoms with E-state index in [0.29, 0.717) is 24.7 Å². The molecule has 1 atom stereocenters. The lowest BCUT2D eigenvalue weighted by atomic mass is 9.92. The van der Waals surface area contributed by atoms with E-state index in [-0.39, 0.29) is 5.41 Å². The van der Waals surface area contributed by atoms with Crippen LogP contribution in [0.1, 0.15) is 38.9 Å². The van der Waals surface area contributed by atoms with Crippen molar-refractivity contribution in [3.63, 3.8) is 0 Å². The van der Waals surface area contributed by atoms with Crippen LogP contribution < -0.4 is 5.32 Å². The average Bonchev–Trinajstić information content (AvgIpc) is 2.72. The molecule has 0 spiro atoms. The summed E-state index contributed by atoms with van der Waals surface area (Å²) < 4.78 is 5.15. The van der Waals surface area contributed by atoms with Crippen LogP contribution in [0.3, 0.4) is 0 Å². The normalized spacial score (nSPS) is 26.2. The number of nitrogens with one attached hydrogen (secondary N) is 1. The molecule has 0 radical (unpaired) electrons. The highest BCUT2D eigenvalue weighted by molar-refractivity contribution is 5.04. The summed E-state index contributed by atoms with van der Waals surface area (Å²) in [5, 5.41) is 17.2. The van der Waals surface area contributed by atoms with Crippen molar-refractivity contribution in [2.45, 2.75) is 39.2 Å². The predicted molar refractivity (Wildman–Crippen MR) is 58.8 cm³/mol. The van der Waals surface area contributed by atoms with E-state index in [2.05, 4.69) is 36.2 Å². The lowest BCUT2D eigenvalue weighted by Crippen LogP contribution is -2.28. The van der Waals surface area contributed by atoms with E-state index in [4.69, 9.17) is 4.52 Å². The monoisotopic (exact) mass is 225 g/mol. The molecule has 1 aromatic heterocycles. The van der Waals surface area contributed by atoms with Gasteiger partial charge in [-0.2, -0.15) is 4.98 Å². The average molecular weight is 225 g/mol. The molecule has 1 fully saturated rings. The summed E-state index contributed by atoms with van der Waals surface area (Å²) in [5.41, 5.74) is -0.846. The summed E-state index contributed by atoms with van der Waals surface area (Å²) >= 11 is 0. The lowest BCUT2D eigenvalue weighted by molar-refractivity contribution is 0.0243. The largest absolute Gasteiger partial charge is 0.379 e. The van der Waals surface area contributed by atoms with Gasteiger partial charge in [-0.3, -0.25) is 0 Å². The Morgan fingerprint density at radius 3 is 2.81 bits per heavy atom. The van der Waals surface area contributed by atoms with E-state index in [1.54, 1.807) is 0 Å². The number of β-amino-alcohol motifs (C(OH)–C–C–N with tert-alkyl or cyclic N) is 1. The van der Waals surface area contributed by atoms with Gasteiger partial charge in [0.2, 0.25) is 0 Å². The van der Waals surface area contributed by atoms with Crippen molar-refractivity contribution in [1.82, 2.24) is 15.5 Å². The molecule has 1 aromatic rings. The lowest BCUT2D eigenvalue weighted by Gasteiger charge is -2.15. The van der Waals surface area contributed by atoms with Gasteiger partial charge in [0.05, 0.1) is 0 Å². The molecule has 0 bridgehead atoms. The van der Waals surface area contributed by atoms with Crippen molar-refractivity contribution < 1.29 is 9.63 Å². The second-order valence-corrected chi connectivity index (χ2v) is 5.71. The van der Waals surface area contributed by atoms with Crippen molar-refractivity contribution in [2.24, 2.45) is 5.41 Å². The molecule has 0 aliphatic carbocycles. The van der Waals surface area contributed by atoms with Crippen molar-refractivity contribution in [1.29, 1.82) is 0 Å². The van der Waals surface area contributed by atoms with Gasteiger partial charge >= 0.3 is 0 Å². The van der Waals surface area contributed by atoms with E-state index in [1.807, 2.05) is 0 Å². The highest BCUT2D eigenvalue weighted by Crippen LogP contribution is 2.27. The van der Waals surface area contributed by atoms with Crippen molar-refractivity contribution in [2.75, 3.05) is 13.1 Å². The van der Waals surface area contributed by atoms with Gasteiger partial charge in [0.25, 0.3) is 5.89 Å². The Bertz CT molecular complexity index is 362. The van der Waals surface area contributed by atoms with Gasteiger partial charge in [-0.05, 0) is 18.4 Å². The Kier molecular flexibility index (Phi) is 2.75. The van der Waals surface area contributed by atoms with E-state index >= 15 is 0 Å². The smallest absolute Gasteiger partial charge is 0.259 e. The molecule has 1 unspecified atom stereocenters. The number of nitrogens with zero attached hydrogens (tertiary/aromatic N) is 2. The Hall–Kier alpha value is -0.940. The molecule has 16 heavy (non-hydrogen) atoms. The van der Waals surface area contributed by atoms with Gasteiger partial charge < -0.3 is 14.9 Å². The maximum absolute atomic E-state index is 10.2. The van der Waals surface area contributed by atoms with Crippen LogP contribution in [0.15, 0.2) is 4.52 Å². The SMILES string of the molecule is CC(C)(C)Cc1noc(C2(O)CCNC2)n1. The van der Waals surface area contributed by atoms with E-state index < -0.39 is 5.60 Å². The highest BCUT2D eigenvalue weighted by Gasteiger charge is 2.38. The summed E-state index contributed by atoms with van der Waals surface area (Å²) in [6.45, 7) is 7.64. The molecule has 1 aliphatic heterocycles. The van der Waals surface area contributed by atoms with Crippen LogP contribution in [0.5, 0.6) is 0 Å². The number of aliphatic hydroxyl groups is 1. The Labute approximate surface area is 95.2 Å². The minimum atomic E-state index is -0.969. The third-order valence-electron chi connectivity index (χ3n) is 2.69. The Morgan fingerprint density at radius 1 is 1.50 bits per heavy atom. The second kappa shape index (κ2) is 3.82. The molecule has 2 N–H and O–H groups in total. The second-order valence-electron chi connectivity index (χ2n) is 5.71. The van der Waals surface area contributed by atoms with E-state index in [9.17, 15) is 5.11 Å². The number of hydrogen-bond donors (Lipinski definition) is 2. The van der Waals surface area contributed by atoms with Gasteiger partial charge in [0.1, 0.15) is 0 Å². The van der Waals surface area contributed by atoms with Crippen LogP contribution in [0.2, 0.25) is 0 Å². The van der Waals surface area contributed by atoms with Gasteiger partial charge in [0, 0.05) is 13.0 Å². The van der Waals surface area contributed by atoms with Crippen LogP contribution in [0, 0.1) is 5.41 Å². The molecule has 0 saturated carbocycles. The fraction of sp³-hybridized carbons (Fsp3) is 0.818. The third kappa shape index (κ3) is 2.41. The summed E-state index contributed by atoms with van der Waals surface area (Å²) in [6, 6.07) is 0. The predicted octanol–water partition coefficient (Wildman–Crippen LogP) is 0.839. The topological polar surface area (TPSA) is 71.2 Å². The molecule has 5 nitrogen and oxygen atoms in total. The number of aromatic nitrogens is 2. The van der Waals surface area contributed by atoms with Crippen LogP contribution >= 0.6 is 0 Å². The minimum Gasteiger partial charge on any atom is -0.379 e. The minimum absolute atomic E-state index is 0.123. The van der Waals surface area contributed by atoms with Crippen molar-refractivity contribution in [3.05, 3.63) is 11.7 Å². The first-order valence-electron chi connectivity index (χ1n) is 5.65. The van der Waals surface area contributed by atoms with Crippen LogP contribution in [0.4, 0.5) is 0 Å². The summed E-state index contributed by atoms with van der Waals surface area (Å²) in [5.74, 6) is 1.01. The van der Waals surface area contributed by atoms with Crippen LogP contribution in [0.25, 0.3) is 0 Å². The first-order chi connectivity index (χ1) is 7.39. The fourth-order valence-corrected chi connectivity index (χ4v) is 1.85. The van der Waals surface area contributed by atoms with Crippen LogP contribution in [-0.4, -0.2) is 28.3 Å². The first-order valence-corrected chi connectivity index (χ1v) is 5.65. The molecule has 1 aliphatic rings. The molecule has 5 heteroatoms. The molecule has 1 saturated heterocycles. The Balaban J connectivity index is 2.13. The molecule has 0 aromatic carbocycles. The summed E-state index contributed by atoms with van der Waals surface area (Å²) in [4.78, 5) is 4.28. The van der Waals surface area contributed by atoms with E-state index in [0.717, 1.165) is 13.0 Å². The zero-order chi connectivity index (χ0) is 11.8. The third-order valence-corrected chi connectivity index (χ3v) is 2.69. The molecule has 2 heterocycles. The van der Waals surface area contributed by atoms with Gasteiger partial charge in [-0.25, -0.2) is 0 Å². The van der Waals surface area contributed by atoms with Crippen molar-refractivity contribution >= 4 is 0 Å². The van der Waals surface area contributed by atoms with Gasteiger partial charge in [-0.1, -0.05) is 25.9 Å². The van der Waals surface area contributed by atoms with Crippen molar-refractivity contribution in [3.8, 4) is 0 Å².